The summed E-state index contributed by atoms with van der Waals surface area (Å²) in [4.78, 5) is 2.35. The van der Waals surface area contributed by atoms with Crippen LogP contribution in [-0.4, -0.2) is 50.2 Å². The van der Waals surface area contributed by atoms with Gasteiger partial charge in [0.2, 0.25) is 0 Å². The summed E-state index contributed by atoms with van der Waals surface area (Å²) < 4.78 is 11.2. The third-order valence-electron chi connectivity index (χ3n) is 3.53. The number of hydrogen-bond donors (Lipinski definition) is 2. The first-order valence-electron chi connectivity index (χ1n) is 6.96. The van der Waals surface area contributed by atoms with Gasteiger partial charge in [-0.1, -0.05) is 0 Å². The molecule has 1 aliphatic heterocycles. The van der Waals surface area contributed by atoms with Crippen LogP contribution < -0.4 is 10.5 Å². The molecule has 110 valence electrons. The summed E-state index contributed by atoms with van der Waals surface area (Å²) >= 11 is 0. The van der Waals surface area contributed by atoms with Crippen LogP contribution in [0.4, 0.5) is 0 Å². The molecule has 5 nitrogen and oxygen atoms in total. The van der Waals surface area contributed by atoms with Gasteiger partial charge in [-0.3, -0.25) is 10.3 Å². The minimum Gasteiger partial charge on any atom is -0.492 e. The van der Waals surface area contributed by atoms with Crippen LogP contribution in [0.5, 0.6) is 5.75 Å². The smallest absolute Gasteiger partial charge is 0.125 e. The zero-order valence-electron chi connectivity index (χ0n) is 12.2. The van der Waals surface area contributed by atoms with Crippen molar-refractivity contribution in [2.75, 3.05) is 39.5 Å². The number of rotatable bonds is 5. The molecule has 0 radical (unpaired) electrons. The number of nitrogens with zero attached hydrogens (tertiary/aromatic N) is 1. The number of nitrogens with one attached hydrogen (secondary N) is 1. The summed E-state index contributed by atoms with van der Waals surface area (Å²) in [5.74, 6) is 0.999. The molecule has 1 heterocycles. The van der Waals surface area contributed by atoms with Crippen molar-refractivity contribution >= 4 is 5.84 Å². The maximum atomic E-state index is 7.49. The van der Waals surface area contributed by atoms with Gasteiger partial charge in [0.15, 0.2) is 0 Å². The molecule has 1 aromatic rings. The normalized spacial score (nSPS) is 16.1. The first kappa shape index (κ1) is 14.8. The van der Waals surface area contributed by atoms with E-state index in [9.17, 15) is 0 Å². The molecule has 5 heteroatoms. The van der Waals surface area contributed by atoms with Gasteiger partial charge < -0.3 is 15.2 Å². The summed E-state index contributed by atoms with van der Waals surface area (Å²) in [5.41, 5.74) is 8.32. The monoisotopic (exact) mass is 277 g/mol. The van der Waals surface area contributed by atoms with Crippen LogP contribution in [0.1, 0.15) is 16.7 Å². The fourth-order valence-electron chi connectivity index (χ4n) is 2.44. The van der Waals surface area contributed by atoms with Gasteiger partial charge in [-0.25, -0.2) is 0 Å². The van der Waals surface area contributed by atoms with Crippen molar-refractivity contribution in [2.24, 2.45) is 5.73 Å². The molecule has 0 aromatic heterocycles. The molecule has 0 amide bonds. The van der Waals surface area contributed by atoms with Crippen LogP contribution >= 0.6 is 0 Å². The maximum absolute atomic E-state index is 7.49. The SMILES string of the molecule is Cc1cc(C(=N)N)cc(C)c1OCCN1CCOCC1. The van der Waals surface area contributed by atoms with Gasteiger partial charge in [0, 0.05) is 25.2 Å². The molecule has 0 saturated carbocycles. The Kier molecular flexibility index (Phi) is 4.98. The number of nitrogen functional groups attached to an aromatic ring is 1. The third-order valence-corrected chi connectivity index (χ3v) is 3.53. The zero-order valence-corrected chi connectivity index (χ0v) is 12.2. The summed E-state index contributed by atoms with van der Waals surface area (Å²) in [5, 5.41) is 7.49. The summed E-state index contributed by atoms with van der Waals surface area (Å²) in [6, 6.07) is 3.80. The second-order valence-electron chi connectivity index (χ2n) is 5.16. The van der Waals surface area contributed by atoms with Crippen LogP contribution in [0, 0.1) is 19.3 Å². The lowest BCUT2D eigenvalue weighted by molar-refractivity contribution is 0.0322. The molecular formula is C15H23N3O2. The third kappa shape index (κ3) is 3.71. The highest BCUT2D eigenvalue weighted by Crippen LogP contribution is 2.24. The Bertz CT molecular complexity index is 459. The van der Waals surface area contributed by atoms with Crippen LogP contribution in [0.15, 0.2) is 12.1 Å². The largest absolute Gasteiger partial charge is 0.492 e. The van der Waals surface area contributed by atoms with Crippen LogP contribution in [0.2, 0.25) is 0 Å². The summed E-state index contributed by atoms with van der Waals surface area (Å²) in [7, 11) is 0. The Labute approximate surface area is 120 Å². The Morgan fingerprint density at radius 2 is 1.90 bits per heavy atom. The number of nitrogens with two attached hydrogens (primary N) is 1. The predicted octanol–water partition coefficient (Wildman–Crippen LogP) is 1.30. The van der Waals surface area contributed by atoms with Crippen LogP contribution in [0.3, 0.4) is 0 Å². The lowest BCUT2D eigenvalue weighted by Gasteiger charge is -2.26. The number of benzene rings is 1. The molecule has 0 aliphatic carbocycles. The van der Waals surface area contributed by atoms with E-state index in [0.717, 1.165) is 55.3 Å². The lowest BCUT2D eigenvalue weighted by Crippen LogP contribution is -2.38. The Hall–Kier alpha value is -1.59. The topological polar surface area (TPSA) is 71.6 Å². The van der Waals surface area contributed by atoms with E-state index in [1.54, 1.807) is 0 Å². The van der Waals surface area contributed by atoms with Crippen molar-refractivity contribution in [1.29, 1.82) is 5.41 Å². The zero-order chi connectivity index (χ0) is 14.5. The Morgan fingerprint density at radius 3 is 2.45 bits per heavy atom. The molecule has 0 spiro atoms. The molecule has 0 atom stereocenters. The highest BCUT2D eigenvalue weighted by atomic mass is 16.5. The highest BCUT2D eigenvalue weighted by molar-refractivity contribution is 5.95. The Morgan fingerprint density at radius 1 is 1.30 bits per heavy atom. The fraction of sp³-hybridized carbons (Fsp3) is 0.533. The second kappa shape index (κ2) is 6.72. The number of morpholine rings is 1. The van der Waals surface area contributed by atoms with Crippen molar-refractivity contribution < 1.29 is 9.47 Å². The van der Waals surface area contributed by atoms with E-state index >= 15 is 0 Å². The molecule has 0 unspecified atom stereocenters. The summed E-state index contributed by atoms with van der Waals surface area (Å²) in [6.07, 6.45) is 0. The molecule has 1 saturated heterocycles. The first-order chi connectivity index (χ1) is 9.58. The molecular weight excluding hydrogens is 254 g/mol. The first-order valence-corrected chi connectivity index (χ1v) is 6.96. The van der Waals surface area contributed by atoms with E-state index in [4.69, 9.17) is 20.6 Å². The van der Waals surface area contributed by atoms with Gasteiger partial charge in [-0.15, -0.1) is 0 Å². The van der Waals surface area contributed by atoms with E-state index in [1.807, 2.05) is 26.0 Å². The van der Waals surface area contributed by atoms with Crippen molar-refractivity contribution in [2.45, 2.75) is 13.8 Å². The number of aryl methyl sites for hydroxylation is 2. The van der Waals surface area contributed by atoms with E-state index in [-0.39, 0.29) is 5.84 Å². The van der Waals surface area contributed by atoms with Gasteiger partial charge in [0.1, 0.15) is 18.2 Å². The average Bonchev–Trinajstić information content (AvgIpc) is 2.42. The number of ether oxygens (including phenoxy) is 2. The maximum Gasteiger partial charge on any atom is 0.125 e. The Balaban J connectivity index is 1.93. The van der Waals surface area contributed by atoms with E-state index in [2.05, 4.69) is 4.90 Å². The van der Waals surface area contributed by atoms with Gasteiger partial charge in [-0.2, -0.15) is 0 Å². The van der Waals surface area contributed by atoms with Gasteiger partial charge >= 0.3 is 0 Å². The molecule has 1 aromatic carbocycles. The summed E-state index contributed by atoms with van der Waals surface area (Å²) in [6.45, 7) is 9.14. The number of hydrogen-bond acceptors (Lipinski definition) is 4. The quantitative estimate of drug-likeness (QED) is 0.628. The minimum absolute atomic E-state index is 0.0936. The second-order valence-corrected chi connectivity index (χ2v) is 5.16. The van der Waals surface area contributed by atoms with Crippen LogP contribution in [0.25, 0.3) is 0 Å². The molecule has 1 aliphatic rings. The highest BCUT2D eigenvalue weighted by Gasteiger charge is 2.11. The van der Waals surface area contributed by atoms with E-state index < -0.39 is 0 Å². The molecule has 3 N–H and O–H groups in total. The average molecular weight is 277 g/mol. The van der Waals surface area contributed by atoms with Gasteiger partial charge in [0.05, 0.1) is 13.2 Å². The molecule has 1 fully saturated rings. The number of amidine groups is 1. The van der Waals surface area contributed by atoms with E-state index in [0.29, 0.717) is 6.61 Å². The van der Waals surface area contributed by atoms with Crippen molar-refractivity contribution in [3.63, 3.8) is 0 Å². The van der Waals surface area contributed by atoms with E-state index in [1.165, 1.54) is 0 Å². The molecule has 0 bridgehead atoms. The standard InChI is InChI=1S/C15H23N3O2/c1-11-9-13(15(16)17)10-12(2)14(11)20-8-5-18-3-6-19-7-4-18/h9-10H,3-8H2,1-2H3,(H3,16,17). The minimum atomic E-state index is 0.0936. The predicted molar refractivity (Wildman–Crippen MR) is 79.7 cm³/mol. The van der Waals surface area contributed by atoms with Gasteiger partial charge in [0.25, 0.3) is 0 Å². The van der Waals surface area contributed by atoms with Crippen molar-refractivity contribution in [1.82, 2.24) is 4.90 Å². The molecule has 20 heavy (non-hydrogen) atoms. The lowest BCUT2D eigenvalue weighted by atomic mass is 10.1. The fourth-order valence-corrected chi connectivity index (χ4v) is 2.44. The van der Waals surface area contributed by atoms with Crippen molar-refractivity contribution in [3.05, 3.63) is 28.8 Å². The van der Waals surface area contributed by atoms with Gasteiger partial charge in [-0.05, 0) is 37.1 Å². The van der Waals surface area contributed by atoms with Crippen molar-refractivity contribution in [3.8, 4) is 5.75 Å². The van der Waals surface area contributed by atoms with Crippen LogP contribution in [-0.2, 0) is 4.74 Å². The molecule has 2 rings (SSSR count).